The van der Waals surface area contributed by atoms with Gasteiger partial charge >= 0.3 is 0 Å². The Balaban J connectivity index is 1.99. The number of pyridine rings is 1. The van der Waals surface area contributed by atoms with Gasteiger partial charge in [0.05, 0.1) is 21.3 Å². The molecule has 0 aliphatic rings. The summed E-state index contributed by atoms with van der Waals surface area (Å²) >= 11 is 0. The fourth-order valence-corrected chi connectivity index (χ4v) is 3.06. The van der Waals surface area contributed by atoms with Crippen molar-refractivity contribution in [1.29, 1.82) is 0 Å². The molecular formula is C23H23FN2O4. The molecule has 0 bridgehead atoms. The predicted molar refractivity (Wildman–Crippen MR) is 112 cm³/mol. The van der Waals surface area contributed by atoms with Gasteiger partial charge in [-0.1, -0.05) is 24.3 Å². The van der Waals surface area contributed by atoms with Crippen LogP contribution in [0, 0.1) is 5.82 Å². The molecule has 0 aliphatic heterocycles. The van der Waals surface area contributed by atoms with E-state index in [1.54, 1.807) is 14.2 Å². The molecule has 0 aliphatic carbocycles. The number of nitrogens with zero attached hydrogens (tertiary/aromatic N) is 2. The average molecular weight is 410 g/mol. The third-order valence-electron chi connectivity index (χ3n) is 4.66. The average Bonchev–Trinajstić information content (AvgIpc) is 2.79. The smallest absolute Gasteiger partial charge is 0.238 e. The van der Waals surface area contributed by atoms with E-state index in [0.717, 1.165) is 22.6 Å². The second kappa shape index (κ2) is 9.73. The fourth-order valence-electron chi connectivity index (χ4n) is 3.06. The van der Waals surface area contributed by atoms with Gasteiger partial charge < -0.3 is 19.1 Å². The van der Waals surface area contributed by atoms with Crippen LogP contribution < -0.4 is 19.1 Å². The molecule has 0 saturated carbocycles. The molecule has 3 rings (SSSR count). The third kappa shape index (κ3) is 4.86. The molecule has 6 nitrogen and oxygen atoms in total. The van der Waals surface area contributed by atoms with Crippen LogP contribution in [-0.4, -0.2) is 32.6 Å². The highest BCUT2D eigenvalue weighted by Gasteiger charge is 2.19. The second-order valence-electron chi connectivity index (χ2n) is 6.55. The van der Waals surface area contributed by atoms with Crippen molar-refractivity contribution in [3.63, 3.8) is 0 Å². The van der Waals surface area contributed by atoms with Gasteiger partial charge in [0.1, 0.15) is 22.9 Å². The third-order valence-corrected chi connectivity index (χ3v) is 4.66. The maximum Gasteiger partial charge on any atom is 0.238 e. The van der Waals surface area contributed by atoms with Crippen LogP contribution in [0.3, 0.4) is 0 Å². The Morgan fingerprint density at radius 3 is 1.77 bits per heavy atom. The van der Waals surface area contributed by atoms with Crippen molar-refractivity contribution in [3.8, 4) is 17.4 Å². The van der Waals surface area contributed by atoms with Crippen LogP contribution in [-0.2, 0) is 13.1 Å². The molecular weight excluding hydrogens is 387 g/mol. The number of methoxy groups -OCH3 is 3. The number of hydrogen-bond acceptors (Lipinski definition) is 6. The van der Waals surface area contributed by atoms with Crippen molar-refractivity contribution in [2.24, 2.45) is 0 Å². The molecule has 0 saturated heterocycles. The van der Waals surface area contributed by atoms with Gasteiger partial charge in [0.15, 0.2) is 12.1 Å². The predicted octanol–water partition coefficient (Wildman–Crippen LogP) is 4.27. The van der Waals surface area contributed by atoms with E-state index in [1.807, 2.05) is 53.4 Å². The summed E-state index contributed by atoms with van der Waals surface area (Å²) in [7, 11) is 4.66. The normalized spacial score (nSPS) is 10.4. The number of rotatable bonds is 9. The summed E-state index contributed by atoms with van der Waals surface area (Å²) in [6.07, 6.45) is 0.374. The van der Waals surface area contributed by atoms with E-state index in [2.05, 4.69) is 4.98 Å². The van der Waals surface area contributed by atoms with Crippen LogP contribution in [0.4, 0.5) is 10.1 Å². The standard InChI is InChI=1S/C23H23FN2O4/c1-28-18-8-4-16(5-9-18)13-26(14-17-6-10-19(29-2)11-7-17)22-12-20(24)21(15-27)25-23(22)30-3/h4-12,15H,13-14H2,1-3H3. The zero-order valence-electron chi connectivity index (χ0n) is 17.1. The first-order valence-electron chi connectivity index (χ1n) is 9.28. The Labute approximate surface area is 174 Å². The molecule has 0 fully saturated rings. The molecule has 0 spiro atoms. The summed E-state index contributed by atoms with van der Waals surface area (Å²) in [5, 5.41) is 0. The molecule has 0 amide bonds. The number of anilines is 1. The zero-order valence-corrected chi connectivity index (χ0v) is 17.1. The van der Waals surface area contributed by atoms with Gasteiger partial charge in [-0.05, 0) is 35.4 Å². The van der Waals surface area contributed by atoms with Crippen molar-refractivity contribution in [3.05, 3.63) is 77.2 Å². The Morgan fingerprint density at radius 2 is 1.37 bits per heavy atom. The Morgan fingerprint density at radius 1 is 0.867 bits per heavy atom. The van der Waals surface area contributed by atoms with Gasteiger partial charge in [0.2, 0.25) is 5.88 Å². The van der Waals surface area contributed by atoms with Gasteiger partial charge in [-0.3, -0.25) is 4.79 Å². The molecule has 0 unspecified atom stereocenters. The van der Waals surface area contributed by atoms with Crippen molar-refractivity contribution >= 4 is 12.0 Å². The minimum Gasteiger partial charge on any atom is -0.497 e. The van der Waals surface area contributed by atoms with Crippen molar-refractivity contribution in [1.82, 2.24) is 4.98 Å². The number of benzene rings is 2. The van der Waals surface area contributed by atoms with Crippen LogP contribution in [0.2, 0.25) is 0 Å². The maximum atomic E-state index is 14.4. The Hall–Kier alpha value is -3.61. The highest BCUT2D eigenvalue weighted by atomic mass is 19.1. The number of hydrogen-bond donors (Lipinski definition) is 0. The first-order chi connectivity index (χ1) is 14.6. The van der Waals surface area contributed by atoms with Crippen LogP contribution in [0.5, 0.6) is 17.4 Å². The topological polar surface area (TPSA) is 60.9 Å². The monoisotopic (exact) mass is 410 g/mol. The molecule has 1 heterocycles. The van der Waals surface area contributed by atoms with Crippen molar-refractivity contribution in [2.45, 2.75) is 13.1 Å². The van der Waals surface area contributed by atoms with Gasteiger partial charge in [0.25, 0.3) is 0 Å². The SMILES string of the molecule is COc1ccc(CN(Cc2ccc(OC)cc2)c2cc(F)c(C=O)nc2OC)cc1. The highest BCUT2D eigenvalue weighted by molar-refractivity contribution is 5.74. The number of aromatic nitrogens is 1. The number of halogens is 1. The van der Waals surface area contributed by atoms with E-state index in [9.17, 15) is 9.18 Å². The van der Waals surface area contributed by atoms with E-state index < -0.39 is 5.82 Å². The van der Waals surface area contributed by atoms with Crippen LogP contribution in [0.15, 0.2) is 54.6 Å². The minimum atomic E-state index is -0.699. The highest BCUT2D eigenvalue weighted by Crippen LogP contribution is 2.31. The fraction of sp³-hybridized carbons (Fsp3) is 0.217. The molecule has 7 heteroatoms. The molecule has 3 aromatic rings. The quantitative estimate of drug-likeness (QED) is 0.491. The molecule has 156 valence electrons. The lowest BCUT2D eigenvalue weighted by molar-refractivity contribution is 0.111. The lowest BCUT2D eigenvalue weighted by Crippen LogP contribution is -2.23. The van der Waals surface area contributed by atoms with Crippen molar-refractivity contribution < 1.29 is 23.4 Å². The summed E-state index contributed by atoms with van der Waals surface area (Å²) in [4.78, 5) is 17.0. The van der Waals surface area contributed by atoms with Crippen LogP contribution in [0.1, 0.15) is 21.6 Å². The second-order valence-corrected chi connectivity index (χ2v) is 6.55. The first kappa shape index (κ1) is 21.1. The summed E-state index contributed by atoms with van der Waals surface area (Å²) in [6, 6.07) is 16.5. The number of carbonyl (C=O) groups is 1. The van der Waals surface area contributed by atoms with E-state index in [1.165, 1.54) is 13.2 Å². The lowest BCUT2D eigenvalue weighted by Gasteiger charge is -2.26. The molecule has 1 aromatic heterocycles. The number of carbonyl (C=O) groups excluding carboxylic acids is 1. The lowest BCUT2D eigenvalue weighted by atomic mass is 10.1. The summed E-state index contributed by atoms with van der Waals surface area (Å²) < 4.78 is 30.2. The van der Waals surface area contributed by atoms with Crippen molar-refractivity contribution in [2.75, 3.05) is 26.2 Å². The maximum absolute atomic E-state index is 14.4. The molecule has 2 aromatic carbocycles. The molecule has 0 radical (unpaired) electrons. The summed E-state index contributed by atoms with van der Waals surface area (Å²) in [6.45, 7) is 0.932. The minimum absolute atomic E-state index is 0.181. The largest absolute Gasteiger partial charge is 0.497 e. The zero-order chi connectivity index (χ0) is 21.5. The van der Waals surface area contributed by atoms with E-state index in [4.69, 9.17) is 14.2 Å². The van der Waals surface area contributed by atoms with E-state index >= 15 is 0 Å². The summed E-state index contributed by atoms with van der Waals surface area (Å²) in [5.74, 6) is 0.984. The number of ether oxygens (including phenoxy) is 3. The first-order valence-corrected chi connectivity index (χ1v) is 9.28. The summed E-state index contributed by atoms with van der Waals surface area (Å²) in [5.41, 5.74) is 2.15. The van der Waals surface area contributed by atoms with E-state index in [-0.39, 0.29) is 11.6 Å². The molecule has 30 heavy (non-hydrogen) atoms. The Kier molecular flexibility index (Phi) is 6.85. The molecule has 0 N–H and O–H groups in total. The van der Waals surface area contributed by atoms with Crippen LogP contribution >= 0.6 is 0 Å². The van der Waals surface area contributed by atoms with Gasteiger partial charge in [-0.2, -0.15) is 0 Å². The van der Waals surface area contributed by atoms with Crippen LogP contribution in [0.25, 0.3) is 0 Å². The Bertz CT molecular complexity index is 942. The van der Waals surface area contributed by atoms with Gasteiger partial charge in [-0.25, -0.2) is 9.37 Å². The van der Waals surface area contributed by atoms with Gasteiger partial charge in [-0.15, -0.1) is 0 Å². The number of aldehydes is 1. The molecule has 0 atom stereocenters. The van der Waals surface area contributed by atoms with Gasteiger partial charge in [0, 0.05) is 19.2 Å². The van der Waals surface area contributed by atoms with E-state index in [0.29, 0.717) is 25.1 Å².